The summed E-state index contributed by atoms with van der Waals surface area (Å²) in [6.45, 7) is 7.37. The Hall–Kier alpha value is -2.72. The van der Waals surface area contributed by atoms with Crippen molar-refractivity contribution in [2.75, 3.05) is 0 Å². The number of thiazole rings is 1. The first kappa shape index (κ1) is 23.0. The first-order chi connectivity index (χ1) is 14.5. The zero-order chi connectivity index (χ0) is 22.8. The zero-order valence-corrected chi connectivity index (χ0v) is 19.8. The van der Waals surface area contributed by atoms with Gasteiger partial charge in [0.2, 0.25) is 9.84 Å². The number of benzene rings is 1. The molecule has 0 spiro atoms. The molecular weight excluding hydrogens is 436 g/mol. The van der Waals surface area contributed by atoms with Crippen LogP contribution in [0.25, 0.3) is 11.1 Å². The first-order valence-corrected chi connectivity index (χ1v) is 12.1. The number of carbonyl (C=O) groups excluding carboxylic acids is 1. The summed E-state index contributed by atoms with van der Waals surface area (Å²) in [7, 11) is -2.00. The van der Waals surface area contributed by atoms with Crippen LogP contribution in [0.2, 0.25) is 0 Å². The van der Waals surface area contributed by atoms with Crippen molar-refractivity contribution in [1.82, 2.24) is 20.1 Å². The summed E-state index contributed by atoms with van der Waals surface area (Å²) in [4.78, 5) is 16.2. The van der Waals surface area contributed by atoms with Gasteiger partial charge in [-0.2, -0.15) is 5.10 Å². The average Bonchev–Trinajstić information content (AvgIpc) is 3.34. The molecule has 0 fully saturated rings. The van der Waals surface area contributed by atoms with Crippen molar-refractivity contribution in [3.05, 3.63) is 46.5 Å². The summed E-state index contributed by atoms with van der Waals surface area (Å²) in [6.07, 6.45) is 3.66. The molecule has 2 aromatic heterocycles. The van der Waals surface area contributed by atoms with Crippen LogP contribution < -0.4 is 5.32 Å². The van der Waals surface area contributed by atoms with Crippen molar-refractivity contribution in [2.45, 2.75) is 56.2 Å². The maximum Gasteiger partial charge on any atom is 0.408 e. The smallest absolute Gasteiger partial charge is 0.408 e. The number of hydrogen-bond donors (Lipinski definition) is 1. The van der Waals surface area contributed by atoms with Gasteiger partial charge >= 0.3 is 6.09 Å². The zero-order valence-electron chi connectivity index (χ0n) is 18.2. The van der Waals surface area contributed by atoms with Crippen LogP contribution in [0, 0.1) is 0 Å². The Bertz CT molecular complexity index is 1190. The predicted octanol–water partition coefficient (Wildman–Crippen LogP) is 3.96. The Morgan fingerprint density at radius 2 is 1.97 bits per heavy atom. The van der Waals surface area contributed by atoms with Crippen molar-refractivity contribution in [3.63, 3.8) is 0 Å². The van der Waals surface area contributed by atoms with Gasteiger partial charge < -0.3 is 10.1 Å². The second-order valence-electron chi connectivity index (χ2n) is 8.06. The van der Waals surface area contributed by atoms with Gasteiger partial charge in [0.25, 0.3) is 0 Å². The number of alkyl carbamates (subject to hydrolysis) is 1. The Morgan fingerprint density at radius 1 is 1.23 bits per heavy atom. The van der Waals surface area contributed by atoms with Crippen LogP contribution in [0.3, 0.4) is 0 Å². The molecule has 0 aliphatic heterocycles. The van der Waals surface area contributed by atoms with E-state index in [0.29, 0.717) is 11.4 Å². The van der Waals surface area contributed by atoms with Gasteiger partial charge in [-0.15, -0.1) is 11.3 Å². The fraction of sp³-hybridized carbons (Fsp3) is 0.381. The molecule has 8 nitrogen and oxygen atoms in total. The number of aromatic nitrogens is 3. The van der Waals surface area contributed by atoms with Crippen molar-refractivity contribution in [3.8, 4) is 11.1 Å². The van der Waals surface area contributed by atoms with Gasteiger partial charge in [-0.3, -0.25) is 4.68 Å². The van der Waals surface area contributed by atoms with E-state index in [9.17, 15) is 13.2 Å². The topological polar surface area (TPSA) is 103 Å². The quantitative estimate of drug-likeness (QED) is 0.595. The lowest BCUT2D eigenvalue weighted by Crippen LogP contribution is -2.32. The highest BCUT2D eigenvalue weighted by molar-refractivity contribution is 7.91. The number of hydrogen-bond acceptors (Lipinski definition) is 7. The van der Waals surface area contributed by atoms with E-state index in [2.05, 4.69) is 15.4 Å². The molecule has 0 saturated carbocycles. The molecule has 0 saturated heterocycles. The van der Waals surface area contributed by atoms with Crippen molar-refractivity contribution < 1.29 is 17.9 Å². The van der Waals surface area contributed by atoms with Gasteiger partial charge in [-0.25, -0.2) is 18.2 Å². The highest BCUT2D eigenvalue weighted by atomic mass is 32.2. The minimum atomic E-state index is -3.81. The fourth-order valence-corrected chi connectivity index (χ4v) is 5.20. The molecule has 0 aliphatic rings. The standard InChI is InChI=1S/C21H26N4O4S2/c1-6-14-7-15(16-10-23-25(5)12-16)9-17(8-14)31(27,28)19-13-30-18(24-19)11-22-20(26)29-21(2,3)4/h7-10,12-13H,6,11H2,1-5H3,(H,22,26). The van der Waals surface area contributed by atoms with Crippen LogP contribution >= 0.6 is 11.3 Å². The van der Waals surface area contributed by atoms with E-state index in [4.69, 9.17) is 4.74 Å². The van der Waals surface area contributed by atoms with E-state index in [1.807, 2.05) is 26.2 Å². The maximum atomic E-state index is 13.2. The third-order valence-electron chi connectivity index (χ3n) is 4.31. The summed E-state index contributed by atoms with van der Waals surface area (Å²) in [6, 6.07) is 5.28. The average molecular weight is 463 g/mol. The van der Waals surface area contributed by atoms with Gasteiger partial charge in [0.05, 0.1) is 17.6 Å². The number of sulfone groups is 1. The van der Waals surface area contributed by atoms with Crippen LogP contribution in [0.15, 0.2) is 45.9 Å². The Morgan fingerprint density at radius 3 is 2.58 bits per heavy atom. The lowest BCUT2D eigenvalue weighted by atomic mass is 10.0. The fourth-order valence-electron chi connectivity index (χ4n) is 2.84. The SMILES string of the molecule is CCc1cc(-c2cnn(C)c2)cc(S(=O)(=O)c2csc(CNC(=O)OC(C)(C)C)n2)c1. The first-order valence-electron chi connectivity index (χ1n) is 9.77. The number of nitrogens with zero attached hydrogens (tertiary/aromatic N) is 3. The van der Waals surface area contributed by atoms with Gasteiger partial charge in [-0.1, -0.05) is 13.0 Å². The van der Waals surface area contributed by atoms with Crippen LogP contribution in [0.4, 0.5) is 4.79 Å². The van der Waals surface area contributed by atoms with Gasteiger partial charge in [0, 0.05) is 24.2 Å². The third kappa shape index (κ3) is 5.71. The van der Waals surface area contributed by atoms with Gasteiger partial charge in [0.15, 0.2) is 5.03 Å². The van der Waals surface area contributed by atoms with Crippen LogP contribution in [0.1, 0.15) is 38.3 Å². The van der Waals surface area contributed by atoms with Crippen molar-refractivity contribution in [2.24, 2.45) is 7.05 Å². The molecule has 166 valence electrons. The largest absolute Gasteiger partial charge is 0.444 e. The molecule has 0 radical (unpaired) electrons. The maximum absolute atomic E-state index is 13.2. The molecule has 3 aromatic rings. The van der Waals surface area contributed by atoms with E-state index in [-0.39, 0.29) is 16.5 Å². The summed E-state index contributed by atoms with van der Waals surface area (Å²) in [5.41, 5.74) is 1.92. The molecule has 2 heterocycles. The molecule has 0 aliphatic carbocycles. The van der Waals surface area contributed by atoms with Gasteiger partial charge in [-0.05, 0) is 50.5 Å². The molecule has 3 rings (SSSR count). The van der Waals surface area contributed by atoms with E-state index < -0.39 is 21.5 Å². The molecule has 1 aromatic carbocycles. The normalized spacial score (nSPS) is 12.0. The number of carbonyl (C=O) groups is 1. The van der Waals surface area contributed by atoms with Crippen LogP contribution in [0.5, 0.6) is 0 Å². The highest BCUT2D eigenvalue weighted by Crippen LogP contribution is 2.29. The Kier molecular flexibility index (Phi) is 6.51. The molecule has 0 bridgehead atoms. The van der Waals surface area contributed by atoms with Crippen LogP contribution in [-0.4, -0.2) is 34.9 Å². The molecule has 1 N–H and O–H groups in total. The van der Waals surface area contributed by atoms with Crippen molar-refractivity contribution in [1.29, 1.82) is 0 Å². The van der Waals surface area contributed by atoms with Crippen molar-refractivity contribution >= 4 is 27.3 Å². The highest BCUT2D eigenvalue weighted by Gasteiger charge is 2.23. The summed E-state index contributed by atoms with van der Waals surface area (Å²) >= 11 is 1.17. The minimum absolute atomic E-state index is 0.0381. The van der Waals surface area contributed by atoms with Crippen LogP contribution in [-0.2, 0) is 34.6 Å². The number of rotatable bonds is 6. The molecule has 1 amide bonds. The lowest BCUT2D eigenvalue weighted by Gasteiger charge is -2.19. The number of nitrogens with one attached hydrogen (secondary N) is 1. The number of aryl methyl sites for hydroxylation is 2. The monoisotopic (exact) mass is 462 g/mol. The number of amides is 1. The summed E-state index contributed by atoms with van der Waals surface area (Å²) in [5, 5.41) is 8.69. The number of ether oxygens (including phenoxy) is 1. The second-order valence-corrected chi connectivity index (χ2v) is 10.9. The molecular formula is C21H26N4O4S2. The summed E-state index contributed by atoms with van der Waals surface area (Å²) < 4.78 is 33.3. The van der Waals surface area contributed by atoms with E-state index in [1.165, 1.54) is 16.7 Å². The minimum Gasteiger partial charge on any atom is -0.444 e. The molecule has 10 heteroatoms. The van der Waals surface area contributed by atoms with E-state index >= 15 is 0 Å². The molecule has 0 atom stereocenters. The molecule has 31 heavy (non-hydrogen) atoms. The second kappa shape index (κ2) is 8.80. The third-order valence-corrected chi connectivity index (χ3v) is 6.93. The Balaban J connectivity index is 1.84. The summed E-state index contributed by atoms with van der Waals surface area (Å²) in [5.74, 6) is 0. The lowest BCUT2D eigenvalue weighted by molar-refractivity contribution is 0.0523. The predicted molar refractivity (Wildman–Crippen MR) is 119 cm³/mol. The van der Waals surface area contributed by atoms with E-state index in [1.54, 1.807) is 43.8 Å². The Labute approximate surface area is 186 Å². The van der Waals surface area contributed by atoms with Gasteiger partial charge in [0.1, 0.15) is 10.6 Å². The van der Waals surface area contributed by atoms with E-state index in [0.717, 1.165) is 16.7 Å². The molecule has 0 unspecified atom stereocenters.